The highest BCUT2D eigenvalue weighted by molar-refractivity contribution is 6.38. The van der Waals surface area contributed by atoms with Crippen molar-refractivity contribution in [1.82, 2.24) is 20.9 Å². The van der Waals surface area contributed by atoms with Crippen LogP contribution >= 0.6 is 0 Å². The molecule has 0 aromatic heterocycles. The third kappa shape index (κ3) is 12.1. The van der Waals surface area contributed by atoms with E-state index in [0.29, 0.717) is 6.42 Å². The highest BCUT2D eigenvalue weighted by Crippen LogP contribution is 2.29. The van der Waals surface area contributed by atoms with Crippen LogP contribution in [0.3, 0.4) is 0 Å². The standard InChI is InChI=1S/C30H52N4O9/c1-12-18(4)22(23(36)26(38)31-14-21(35)41-11)32-25(37)20-13-19(43-30(8,9)10)15-34(20)27(39)24(29(5,6)7)33-28(40)42-16-17(2)3/h17-20,22,24H,12-16H2,1-11H3,(H,31,38)(H,32,37)(H,33,40)/t18-,19+,20-,22?,24?/m0/s1. The third-order valence-electron chi connectivity index (χ3n) is 6.93. The summed E-state index contributed by atoms with van der Waals surface area (Å²) in [7, 11) is 1.15. The largest absolute Gasteiger partial charge is 0.468 e. The Morgan fingerprint density at radius 3 is 2.05 bits per heavy atom. The number of rotatable bonds is 13. The number of nitrogens with one attached hydrogen (secondary N) is 3. The SMILES string of the molecule is CC[C@H](C)C(NC(=O)[C@@H]1C[C@@H](OC(C)(C)C)CN1C(=O)C(NC(=O)OCC(C)C)C(C)(C)C)C(=O)C(=O)NCC(=O)OC. The van der Waals surface area contributed by atoms with Crippen LogP contribution in [0.4, 0.5) is 4.79 Å². The minimum atomic E-state index is -1.21. The number of alkyl carbamates (subject to hydrolysis) is 1. The average molecular weight is 613 g/mol. The predicted octanol–water partition coefficient (Wildman–Crippen LogP) is 1.96. The Morgan fingerprint density at radius 1 is 0.953 bits per heavy atom. The van der Waals surface area contributed by atoms with Crippen LogP contribution in [-0.4, -0.2) is 97.1 Å². The molecule has 1 rings (SSSR count). The first kappa shape index (κ1) is 37.8. The molecule has 1 saturated heterocycles. The molecule has 0 aromatic rings. The summed E-state index contributed by atoms with van der Waals surface area (Å²) in [5.41, 5.74) is -1.31. The van der Waals surface area contributed by atoms with Crippen LogP contribution in [0.5, 0.6) is 0 Å². The maximum absolute atomic E-state index is 14.0. The molecule has 43 heavy (non-hydrogen) atoms. The molecular weight excluding hydrogens is 560 g/mol. The fourth-order valence-electron chi connectivity index (χ4n) is 4.50. The van der Waals surface area contributed by atoms with E-state index < -0.39 is 83.3 Å². The van der Waals surface area contributed by atoms with Crippen LogP contribution in [0.2, 0.25) is 0 Å². The zero-order chi connectivity index (χ0) is 33.3. The Balaban J connectivity index is 3.33. The Hall–Kier alpha value is -3.22. The molecule has 4 amide bonds. The molecule has 0 bridgehead atoms. The molecule has 0 radical (unpaired) electrons. The molecule has 5 atom stereocenters. The monoisotopic (exact) mass is 612 g/mol. The molecule has 0 spiro atoms. The second-order valence-electron chi connectivity index (χ2n) is 13.5. The Kier molecular flexibility index (Phi) is 14.1. The number of Topliss-reactive ketones (excluding diaryl/α,β-unsaturated/α-hetero) is 1. The predicted molar refractivity (Wildman–Crippen MR) is 159 cm³/mol. The first-order valence-electron chi connectivity index (χ1n) is 14.8. The second kappa shape index (κ2) is 16.0. The van der Waals surface area contributed by atoms with Gasteiger partial charge in [-0.1, -0.05) is 54.9 Å². The van der Waals surface area contributed by atoms with Gasteiger partial charge in [0.2, 0.25) is 17.6 Å². The summed E-state index contributed by atoms with van der Waals surface area (Å²) in [6, 6.07) is -3.29. The van der Waals surface area contributed by atoms with Gasteiger partial charge in [-0.15, -0.1) is 0 Å². The number of hydrogen-bond acceptors (Lipinski definition) is 9. The van der Waals surface area contributed by atoms with Crippen molar-refractivity contribution in [1.29, 1.82) is 0 Å². The fraction of sp³-hybridized carbons (Fsp3) is 0.800. The van der Waals surface area contributed by atoms with E-state index in [9.17, 15) is 28.8 Å². The molecule has 0 saturated carbocycles. The maximum atomic E-state index is 14.0. The number of nitrogens with zero attached hydrogens (tertiary/aromatic N) is 1. The van der Waals surface area contributed by atoms with Crippen molar-refractivity contribution in [2.45, 2.75) is 112 Å². The van der Waals surface area contributed by atoms with E-state index in [1.165, 1.54) is 4.90 Å². The number of ether oxygens (including phenoxy) is 3. The number of amides is 4. The van der Waals surface area contributed by atoms with E-state index in [1.54, 1.807) is 34.6 Å². The van der Waals surface area contributed by atoms with E-state index in [2.05, 4.69) is 20.7 Å². The van der Waals surface area contributed by atoms with Crippen LogP contribution < -0.4 is 16.0 Å². The maximum Gasteiger partial charge on any atom is 0.407 e. The van der Waals surface area contributed by atoms with Crippen LogP contribution in [0.15, 0.2) is 0 Å². The van der Waals surface area contributed by atoms with Crippen molar-refractivity contribution >= 4 is 35.6 Å². The van der Waals surface area contributed by atoms with Gasteiger partial charge in [-0.05, 0) is 38.0 Å². The van der Waals surface area contributed by atoms with Gasteiger partial charge >= 0.3 is 12.1 Å². The highest BCUT2D eigenvalue weighted by Gasteiger charge is 2.47. The van der Waals surface area contributed by atoms with Crippen LogP contribution in [-0.2, 0) is 38.2 Å². The lowest BCUT2D eigenvalue weighted by Gasteiger charge is -2.35. The minimum Gasteiger partial charge on any atom is -0.468 e. The summed E-state index contributed by atoms with van der Waals surface area (Å²) in [6.07, 6.45) is -0.655. The normalized spacial score (nSPS) is 19.2. The van der Waals surface area contributed by atoms with Gasteiger partial charge in [-0.2, -0.15) is 0 Å². The van der Waals surface area contributed by atoms with Crippen LogP contribution in [0.25, 0.3) is 0 Å². The van der Waals surface area contributed by atoms with Gasteiger partial charge in [0.15, 0.2) is 0 Å². The van der Waals surface area contributed by atoms with E-state index in [-0.39, 0.29) is 25.5 Å². The summed E-state index contributed by atoms with van der Waals surface area (Å²) in [4.78, 5) is 78.8. The Morgan fingerprint density at radius 2 is 1.56 bits per heavy atom. The van der Waals surface area contributed by atoms with Crippen molar-refractivity contribution < 1.29 is 43.0 Å². The number of hydrogen-bond donors (Lipinski definition) is 3. The molecule has 0 aromatic carbocycles. The molecule has 1 heterocycles. The van der Waals surface area contributed by atoms with Gasteiger partial charge in [-0.25, -0.2) is 4.79 Å². The molecule has 0 aliphatic carbocycles. The molecule has 13 nitrogen and oxygen atoms in total. The smallest absolute Gasteiger partial charge is 0.407 e. The topological polar surface area (TPSA) is 169 Å². The Labute approximate surface area is 255 Å². The van der Waals surface area contributed by atoms with E-state index in [0.717, 1.165) is 7.11 Å². The summed E-state index contributed by atoms with van der Waals surface area (Å²) in [5, 5.41) is 7.57. The van der Waals surface area contributed by atoms with Crippen molar-refractivity contribution in [3.8, 4) is 0 Å². The van der Waals surface area contributed by atoms with E-state index in [4.69, 9.17) is 9.47 Å². The first-order valence-corrected chi connectivity index (χ1v) is 14.8. The molecule has 1 aliphatic rings. The fourth-order valence-corrected chi connectivity index (χ4v) is 4.50. The van der Waals surface area contributed by atoms with Crippen LogP contribution in [0.1, 0.15) is 82.1 Å². The lowest BCUT2D eigenvalue weighted by Crippen LogP contribution is -2.59. The molecule has 1 aliphatic heterocycles. The van der Waals surface area contributed by atoms with Gasteiger partial charge in [0.25, 0.3) is 5.91 Å². The third-order valence-corrected chi connectivity index (χ3v) is 6.93. The summed E-state index contributed by atoms with van der Waals surface area (Å²) < 4.78 is 15.9. The summed E-state index contributed by atoms with van der Waals surface area (Å²) in [6.45, 7) is 18.0. The molecular formula is C30H52N4O9. The van der Waals surface area contributed by atoms with Crippen molar-refractivity contribution in [3.05, 3.63) is 0 Å². The molecule has 3 N–H and O–H groups in total. The highest BCUT2D eigenvalue weighted by atomic mass is 16.5. The minimum absolute atomic E-state index is 0.0745. The lowest BCUT2D eigenvalue weighted by molar-refractivity contribution is -0.145. The van der Waals surface area contributed by atoms with Gasteiger partial charge in [0.05, 0.1) is 31.5 Å². The van der Waals surface area contributed by atoms with Crippen molar-refractivity contribution in [3.63, 3.8) is 0 Å². The van der Waals surface area contributed by atoms with E-state index >= 15 is 0 Å². The number of esters is 1. The first-order chi connectivity index (χ1) is 19.7. The molecule has 246 valence electrons. The summed E-state index contributed by atoms with van der Waals surface area (Å²) in [5.74, 6) is -4.18. The number of ketones is 1. The zero-order valence-corrected chi connectivity index (χ0v) is 27.6. The van der Waals surface area contributed by atoms with Gasteiger partial charge in [0, 0.05) is 13.0 Å². The van der Waals surface area contributed by atoms with Crippen molar-refractivity contribution in [2.24, 2.45) is 17.3 Å². The number of likely N-dealkylation sites (tertiary alicyclic amines) is 1. The molecule has 2 unspecified atom stereocenters. The van der Waals surface area contributed by atoms with Crippen molar-refractivity contribution in [2.75, 3.05) is 26.8 Å². The lowest BCUT2D eigenvalue weighted by atomic mass is 9.85. The number of carbonyl (C=O) groups excluding carboxylic acids is 6. The van der Waals surface area contributed by atoms with Gasteiger partial charge in [-0.3, -0.25) is 24.0 Å². The molecule has 13 heteroatoms. The molecule has 1 fully saturated rings. The number of carbonyl (C=O) groups is 6. The average Bonchev–Trinajstić information content (AvgIpc) is 3.32. The quantitative estimate of drug-likeness (QED) is 0.208. The summed E-state index contributed by atoms with van der Waals surface area (Å²) >= 11 is 0. The van der Waals surface area contributed by atoms with Gasteiger partial charge in [0.1, 0.15) is 18.6 Å². The number of methoxy groups -OCH3 is 1. The Bertz CT molecular complexity index is 1020. The second-order valence-corrected chi connectivity index (χ2v) is 13.5. The van der Waals surface area contributed by atoms with E-state index in [1.807, 2.05) is 34.6 Å². The zero-order valence-electron chi connectivity index (χ0n) is 27.6. The van der Waals surface area contributed by atoms with Crippen LogP contribution in [0, 0.1) is 17.3 Å². The van der Waals surface area contributed by atoms with Gasteiger partial charge < -0.3 is 35.1 Å².